The molecule has 3 rings (SSSR count). The number of benzene rings is 2. The van der Waals surface area contributed by atoms with Crippen molar-refractivity contribution in [2.24, 2.45) is 0 Å². The molecule has 28 heavy (non-hydrogen) atoms. The van der Waals surface area contributed by atoms with Crippen molar-refractivity contribution in [1.29, 1.82) is 0 Å². The molecule has 0 amide bonds. The fraction of sp³-hybridized carbons (Fsp3) is 0.478. The Balaban J connectivity index is 2.01. The van der Waals surface area contributed by atoms with Crippen molar-refractivity contribution in [3.63, 3.8) is 0 Å². The van der Waals surface area contributed by atoms with Crippen LogP contribution in [0.15, 0.2) is 48.5 Å². The summed E-state index contributed by atoms with van der Waals surface area (Å²) in [7, 11) is -3.87. The molecule has 1 N–H and O–H groups in total. The molecule has 0 spiro atoms. The average Bonchev–Trinajstić information content (AvgIpc) is 3.00. The Morgan fingerprint density at radius 1 is 0.786 bits per heavy atom. The maximum atomic E-state index is 14.1. The van der Waals surface area contributed by atoms with Crippen LogP contribution in [0.3, 0.4) is 0 Å². The summed E-state index contributed by atoms with van der Waals surface area (Å²) < 4.78 is 25.9. The molecule has 0 radical (unpaired) electrons. The lowest BCUT2D eigenvalue weighted by Gasteiger charge is -2.33. The molecule has 0 heterocycles. The van der Waals surface area contributed by atoms with Gasteiger partial charge in [0, 0.05) is 11.1 Å². The van der Waals surface area contributed by atoms with Crippen LogP contribution in [0.1, 0.15) is 63.5 Å². The van der Waals surface area contributed by atoms with Gasteiger partial charge in [-0.3, -0.25) is 4.57 Å². The van der Waals surface area contributed by atoms with Gasteiger partial charge in [0.05, 0.1) is 13.2 Å². The molecular weight excluding hydrogens is 371 g/mol. The van der Waals surface area contributed by atoms with E-state index >= 15 is 0 Å². The van der Waals surface area contributed by atoms with E-state index in [9.17, 15) is 9.67 Å². The zero-order valence-electron chi connectivity index (χ0n) is 16.9. The molecule has 0 fully saturated rings. The first-order valence-electron chi connectivity index (χ1n) is 10.4. The molecule has 0 atom stereocenters. The SMILES string of the molecule is CCCCCOP(=O)(OCCCCC)C1(O)c2ccccc2-c2ccccc21. The number of hydrogen-bond donors (Lipinski definition) is 1. The molecule has 1 aliphatic rings. The number of unbranched alkanes of at least 4 members (excludes halogenated alkanes) is 4. The van der Waals surface area contributed by atoms with Crippen molar-refractivity contribution in [2.45, 2.75) is 57.7 Å². The third-order valence-corrected chi connectivity index (χ3v) is 7.63. The largest absolute Gasteiger partial charge is 0.371 e. The molecular formula is C23H31O4P. The standard InChI is InChI=1S/C23H31O4P/c1-3-5-11-17-26-28(25,27-18-12-6-4-2)23(24)21-15-9-7-13-19(21)20-14-8-10-16-22(20)23/h7-10,13-16,24H,3-6,11-12,17-18H2,1-2H3. The van der Waals surface area contributed by atoms with Gasteiger partial charge in [-0.05, 0) is 24.0 Å². The molecule has 2 aromatic carbocycles. The summed E-state index contributed by atoms with van der Waals surface area (Å²) in [6.45, 7) is 4.84. The molecule has 0 aliphatic heterocycles. The van der Waals surface area contributed by atoms with Crippen LogP contribution in [0, 0.1) is 0 Å². The summed E-state index contributed by atoms with van der Waals surface area (Å²) in [5, 5.41) is 10.1. The van der Waals surface area contributed by atoms with E-state index in [1.807, 2.05) is 48.5 Å². The second-order valence-electron chi connectivity index (χ2n) is 7.34. The lowest BCUT2D eigenvalue weighted by molar-refractivity contribution is 0.0928. The summed E-state index contributed by atoms with van der Waals surface area (Å²) in [4.78, 5) is 0. The van der Waals surface area contributed by atoms with E-state index in [0.29, 0.717) is 24.3 Å². The van der Waals surface area contributed by atoms with Crippen molar-refractivity contribution in [3.8, 4) is 11.1 Å². The lowest BCUT2D eigenvalue weighted by atomic mass is 10.1. The molecule has 0 saturated carbocycles. The summed E-state index contributed by atoms with van der Waals surface area (Å²) >= 11 is 0. The molecule has 5 heteroatoms. The first-order valence-corrected chi connectivity index (χ1v) is 11.9. The van der Waals surface area contributed by atoms with Crippen LogP contribution in [0.4, 0.5) is 0 Å². The Bertz CT molecular complexity index is 771. The fourth-order valence-corrected chi connectivity index (χ4v) is 5.95. The third kappa shape index (κ3) is 3.84. The van der Waals surface area contributed by atoms with Gasteiger partial charge in [-0.2, -0.15) is 0 Å². The van der Waals surface area contributed by atoms with Crippen LogP contribution in [0.2, 0.25) is 0 Å². The zero-order valence-corrected chi connectivity index (χ0v) is 17.8. The molecule has 1 aliphatic carbocycles. The molecule has 152 valence electrons. The first-order chi connectivity index (χ1) is 13.6. The zero-order chi connectivity index (χ0) is 20.0. The van der Waals surface area contributed by atoms with E-state index in [2.05, 4.69) is 13.8 Å². The Morgan fingerprint density at radius 2 is 1.21 bits per heavy atom. The van der Waals surface area contributed by atoms with Gasteiger partial charge in [-0.25, -0.2) is 0 Å². The van der Waals surface area contributed by atoms with E-state index in [1.54, 1.807) is 0 Å². The van der Waals surface area contributed by atoms with Gasteiger partial charge in [-0.15, -0.1) is 0 Å². The second kappa shape index (κ2) is 9.37. The van der Waals surface area contributed by atoms with Gasteiger partial charge >= 0.3 is 7.60 Å². The van der Waals surface area contributed by atoms with Crippen LogP contribution in [-0.4, -0.2) is 18.3 Å². The first kappa shape index (κ1) is 21.3. The minimum Gasteiger partial charge on any atom is -0.370 e. The Labute approximate surface area is 168 Å². The Morgan fingerprint density at radius 3 is 1.64 bits per heavy atom. The molecule has 0 unspecified atom stereocenters. The highest BCUT2D eigenvalue weighted by Gasteiger charge is 2.57. The number of rotatable bonds is 11. The van der Waals surface area contributed by atoms with Crippen LogP contribution >= 0.6 is 7.60 Å². The lowest BCUT2D eigenvalue weighted by Crippen LogP contribution is -2.28. The second-order valence-corrected chi connectivity index (χ2v) is 9.50. The molecule has 0 saturated heterocycles. The Hall–Kier alpha value is -1.45. The summed E-state index contributed by atoms with van der Waals surface area (Å²) in [6.07, 6.45) is 5.64. The molecule has 0 aromatic heterocycles. The Kier molecular flexibility index (Phi) is 7.11. The summed E-state index contributed by atoms with van der Waals surface area (Å²) in [5.74, 6) is 0. The van der Waals surface area contributed by atoms with Crippen LogP contribution in [-0.2, 0) is 19.0 Å². The van der Waals surface area contributed by atoms with Crippen molar-refractivity contribution in [2.75, 3.05) is 13.2 Å². The van der Waals surface area contributed by atoms with Gasteiger partial charge in [-0.1, -0.05) is 88.1 Å². The average molecular weight is 402 g/mol. The number of hydrogen-bond acceptors (Lipinski definition) is 4. The van der Waals surface area contributed by atoms with Gasteiger partial charge < -0.3 is 14.2 Å². The van der Waals surface area contributed by atoms with Crippen molar-refractivity contribution in [3.05, 3.63) is 59.7 Å². The van der Waals surface area contributed by atoms with Crippen LogP contribution in [0.5, 0.6) is 0 Å². The maximum absolute atomic E-state index is 14.1. The molecule has 4 nitrogen and oxygen atoms in total. The molecule has 0 bridgehead atoms. The third-order valence-electron chi connectivity index (χ3n) is 5.31. The molecule has 2 aromatic rings. The van der Waals surface area contributed by atoms with Crippen LogP contribution in [0.25, 0.3) is 11.1 Å². The van der Waals surface area contributed by atoms with E-state index in [-0.39, 0.29) is 0 Å². The topological polar surface area (TPSA) is 55.8 Å². The number of fused-ring (bicyclic) bond motifs is 3. The van der Waals surface area contributed by atoms with Gasteiger partial charge in [0.25, 0.3) is 0 Å². The van der Waals surface area contributed by atoms with E-state index in [4.69, 9.17) is 9.05 Å². The fourth-order valence-electron chi connectivity index (χ4n) is 3.78. The van der Waals surface area contributed by atoms with Crippen LogP contribution < -0.4 is 0 Å². The van der Waals surface area contributed by atoms with Gasteiger partial charge in [0.1, 0.15) is 0 Å². The predicted molar refractivity (Wildman–Crippen MR) is 113 cm³/mol. The van der Waals surface area contributed by atoms with E-state index in [0.717, 1.165) is 49.7 Å². The van der Waals surface area contributed by atoms with Gasteiger partial charge in [0.2, 0.25) is 5.34 Å². The van der Waals surface area contributed by atoms with Crippen molar-refractivity contribution >= 4 is 7.60 Å². The smallest absolute Gasteiger partial charge is 0.370 e. The number of aliphatic hydroxyl groups is 1. The minimum atomic E-state index is -3.87. The van der Waals surface area contributed by atoms with E-state index in [1.165, 1.54) is 0 Å². The minimum absolute atomic E-state index is 0.311. The van der Waals surface area contributed by atoms with E-state index < -0.39 is 12.9 Å². The quantitative estimate of drug-likeness (QED) is 0.346. The highest BCUT2D eigenvalue weighted by molar-refractivity contribution is 7.55. The van der Waals surface area contributed by atoms with Gasteiger partial charge in [0.15, 0.2) is 0 Å². The maximum Gasteiger partial charge on any atom is 0.371 e. The normalized spacial score (nSPS) is 14.7. The summed E-state index contributed by atoms with van der Waals surface area (Å²) in [5.41, 5.74) is 2.97. The van der Waals surface area contributed by atoms with Crippen molar-refractivity contribution < 1.29 is 18.7 Å². The highest BCUT2D eigenvalue weighted by Crippen LogP contribution is 2.70. The monoisotopic (exact) mass is 402 g/mol. The highest BCUT2D eigenvalue weighted by atomic mass is 31.2. The van der Waals surface area contributed by atoms with Crippen molar-refractivity contribution in [1.82, 2.24) is 0 Å². The predicted octanol–water partition coefficient (Wildman–Crippen LogP) is 6.47. The summed E-state index contributed by atoms with van der Waals surface area (Å²) in [6, 6.07) is 15.1.